The van der Waals surface area contributed by atoms with Gasteiger partial charge < -0.3 is 19.3 Å². The molecule has 0 aliphatic rings. The Kier molecular flexibility index (Phi) is 9.09. The highest BCUT2D eigenvalue weighted by Crippen LogP contribution is 2.31. The zero-order chi connectivity index (χ0) is 18.0. The molecule has 0 spiro atoms. The van der Waals surface area contributed by atoms with Gasteiger partial charge in [0.2, 0.25) is 0 Å². The lowest BCUT2D eigenvalue weighted by Crippen LogP contribution is -2.53. The highest BCUT2D eigenvalue weighted by atomic mass is 16.6. The fourth-order valence-corrected chi connectivity index (χ4v) is 2.20. The van der Waals surface area contributed by atoms with Gasteiger partial charge in [-0.25, -0.2) is 4.79 Å². The van der Waals surface area contributed by atoms with Gasteiger partial charge in [-0.2, -0.15) is 0 Å². The Labute approximate surface area is 135 Å². The topological polar surface area (TPSA) is 116 Å². The average molecular weight is 332 g/mol. The molecular weight excluding hydrogens is 308 g/mol. The zero-order valence-corrected chi connectivity index (χ0v) is 13.9. The molecule has 2 unspecified atom stereocenters. The van der Waals surface area contributed by atoms with Gasteiger partial charge in [0.1, 0.15) is 6.61 Å². The van der Waals surface area contributed by atoms with Crippen molar-refractivity contribution in [2.24, 2.45) is 5.92 Å². The lowest BCUT2D eigenvalue weighted by atomic mass is 9.82. The molecule has 23 heavy (non-hydrogen) atoms. The molecule has 8 nitrogen and oxygen atoms in total. The molecule has 0 bridgehead atoms. The van der Waals surface area contributed by atoms with Crippen LogP contribution in [-0.2, 0) is 33.4 Å². The van der Waals surface area contributed by atoms with Crippen LogP contribution in [0.25, 0.3) is 0 Å². The summed E-state index contributed by atoms with van der Waals surface area (Å²) in [6, 6.07) is 0. The molecule has 2 atom stereocenters. The molecule has 8 heteroatoms. The summed E-state index contributed by atoms with van der Waals surface area (Å²) in [5, 5.41) is 9.59. The van der Waals surface area contributed by atoms with Crippen molar-refractivity contribution < 1.29 is 38.5 Å². The van der Waals surface area contributed by atoms with Gasteiger partial charge in [-0.15, -0.1) is 0 Å². The van der Waals surface area contributed by atoms with Gasteiger partial charge in [0.05, 0.1) is 18.9 Å². The van der Waals surface area contributed by atoms with E-state index in [2.05, 4.69) is 0 Å². The van der Waals surface area contributed by atoms with Crippen molar-refractivity contribution in [3.63, 3.8) is 0 Å². The Morgan fingerprint density at radius 2 is 1.65 bits per heavy atom. The monoisotopic (exact) mass is 332 g/mol. The Morgan fingerprint density at radius 3 is 2.04 bits per heavy atom. The second-order valence-corrected chi connectivity index (χ2v) is 4.88. The first-order valence-corrected chi connectivity index (χ1v) is 7.44. The number of esters is 2. The van der Waals surface area contributed by atoms with Gasteiger partial charge in [0.15, 0.2) is 11.4 Å². The normalized spacial score (nSPS) is 14.4. The third-order valence-electron chi connectivity index (χ3n) is 3.15. The molecule has 0 aliphatic carbocycles. The first kappa shape index (κ1) is 21.0. The van der Waals surface area contributed by atoms with Crippen LogP contribution in [-0.4, -0.2) is 54.2 Å². The van der Waals surface area contributed by atoms with Gasteiger partial charge in [0, 0.05) is 6.61 Å². The second-order valence-electron chi connectivity index (χ2n) is 4.88. The maximum absolute atomic E-state index is 12.1. The van der Waals surface area contributed by atoms with Crippen LogP contribution in [0, 0.1) is 5.92 Å². The number of carboxylic acid groups (broad SMARTS) is 1. The van der Waals surface area contributed by atoms with Crippen molar-refractivity contribution in [2.75, 3.05) is 19.8 Å². The van der Waals surface area contributed by atoms with E-state index in [1.54, 1.807) is 20.8 Å². The molecule has 0 heterocycles. The standard InChI is InChI=1S/C15H24O8/c1-5-11(13(18)21-6-2)15(14(19)20,23-7-3)8-12(17)22-9-10(4)16/h11H,5-9H2,1-4H3,(H,19,20). The van der Waals surface area contributed by atoms with Crippen molar-refractivity contribution in [2.45, 2.75) is 46.1 Å². The molecule has 0 saturated heterocycles. The minimum Gasteiger partial charge on any atom is -0.479 e. The highest BCUT2D eigenvalue weighted by Gasteiger charge is 2.52. The van der Waals surface area contributed by atoms with Gasteiger partial charge in [-0.3, -0.25) is 14.4 Å². The number of hydrogen-bond acceptors (Lipinski definition) is 7. The van der Waals surface area contributed by atoms with Gasteiger partial charge in [-0.1, -0.05) is 6.92 Å². The molecular formula is C15H24O8. The number of ether oxygens (including phenoxy) is 3. The lowest BCUT2D eigenvalue weighted by Gasteiger charge is -2.34. The summed E-state index contributed by atoms with van der Waals surface area (Å²) < 4.78 is 14.9. The van der Waals surface area contributed by atoms with Crippen LogP contribution in [0.4, 0.5) is 0 Å². The Bertz CT molecular complexity index is 445. The Morgan fingerprint density at radius 1 is 1.04 bits per heavy atom. The van der Waals surface area contributed by atoms with Crippen LogP contribution in [0.3, 0.4) is 0 Å². The molecule has 0 saturated carbocycles. The summed E-state index contributed by atoms with van der Waals surface area (Å²) in [5.74, 6) is -4.71. The number of ketones is 1. The predicted molar refractivity (Wildman–Crippen MR) is 78.7 cm³/mol. The number of aliphatic carboxylic acids is 1. The van der Waals surface area contributed by atoms with Gasteiger partial charge in [-0.05, 0) is 27.2 Å². The van der Waals surface area contributed by atoms with Gasteiger partial charge in [0.25, 0.3) is 0 Å². The first-order chi connectivity index (χ1) is 10.7. The van der Waals surface area contributed by atoms with Crippen LogP contribution >= 0.6 is 0 Å². The minimum absolute atomic E-state index is 0.0256. The van der Waals surface area contributed by atoms with E-state index in [1.165, 1.54) is 6.92 Å². The van der Waals surface area contributed by atoms with Crippen molar-refractivity contribution >= 4 is 23.7 Å². The lowest BCUT2D eigenvalue weighted by molar-refractivity contribution is -0.191. The van der Waals surface area contributed by atoms with Crippen molar-refractivity contribution in [1.29, 1.82) is 0 Å². The van der Waals surface area contributed by atoms with Crippen LogP contribution in [0.1, 0.15) is 40.5 Å². The largest absolute Gasteiger partial charge is 0.479 e. The van der Waals surface area contributed by atoms with Crippen molar-refractivity contribution in [3.8, 4) is 0 Å². The fourth-order valence-electron chi connectivity index (χ4n) is 2.20. The number of carboxylic acids is 1. The van der Waals surface area contributed by atoms with E-state index in [0.717, 1.165) is 0 Å². The molecule has 0 radical (unpaired) electrons. The quantitative estimate of drug-likeness (QED) is 0.556. The van der Waals surface area contributed by atoms with E-state index in [4.69, 9.17) is 14.2 Å². The second kappa shape index (κ2) is 9.94. The summed E-state index contributed by atoms with van der Waals surface area (Å²) in [4.78, 5) is 46.6. The Hall–Kier alpha value is -1.96. The van der Waals surface area contributed by atoms with Crippen molar-refractivity contribution in [3.05, 3.63) is 0 Å². The summed E-state index contributed by atoms with van der Waals surface area (Å²) in [7, 11) is 0. The molecule has 0 aliphatic heterocycles. The number of carbonyl (C=O) groups is 4. The van der Waals surface area contributed by atoms with E-state index in [-0.39, 0.29) is 25.4 Å². The molecule has 0 rings (SSSR count). The minimum atomic E-state index is -2.09. The van der Waals surface area contributed by atoms with Crippen LogP contribution in [0.15, 0.2) is 0 Å². The van der Waals surface area contributed by atoms with E-state index in [1.807, 2.05) is 0 Å². The Balaban J connectivity index is 5.52. The maximum atomic E-state index is 12.1. The van der Waals surface area contributed by atoms with E-state index in [0.29, 0.717) is 0 Å². The number of rotatable bonds is 11. The third kappa shape index (κ3) is 5.97. The van der Waals surface area contributed by atoms with Crippen molar-refractivity contribution in [1.82, 2.24) is 0 Å². The van der Waals surface area contributed by atoms with E-state index < -0.39 is 42.5 Å². The summed E-state index contributed by atoms with van der Waals surface area (Å²) >= 11 is 0. The van der Waals surface area contributed by atoms with Crippen LogP contribution < -0.4 is 0 Å². The smallest absolute Gasteiger partial charge is 0.337 e. The van der Waals surface area contributed by atoms with Crippen LogP contribution in [0.5, 0.6) is 0 Å². The summed E-state index contributed by atoms with van der Waals surface area (Å²) in [5.41, 5.74) is -2.09. The van der Waals surface area contributed by atoms with Crippen LogP contribution in [0.2, 0.25) is 0 Å². The molecule has 0 fully saturated rings. The molecule has 0 aromatic carbocycles. The van der Waals surface area contributed by atoms with E-state index >= 15 is 0 Å². The number of hydrogen-bond donors (Lipinski definition) is 1. The zero-order valence-electron chi connectivity index (χ0n) is 13.9. The van der Waals surface area contributed by atoms with Gasteiger partial charge >= 0.3 is 17.9 Å². The molecule has 1 N–H and O–H groups in total. The summed E-state index contributed by atoms with van der Waals surface area (Å²) in [6.07, 6.45) is -0.591. The predicted octanol–water partition coefficient (Wildman–Crippen LogP) is 0.958. The fraction of sp³-hybridized carbons (Fsp3) is 0.733. The molecule has 0 aromatic heterocycles. The number of Topliss-reactive ketones (excluding diaryl/α,β-unsaturated/α-hetero) is 1. The van der Waals surface area contributed by atoms with E-state index in [9.17, 15) is 24.3 Å². The molecule has 0 amide bonds. The SMILES string of the molecule is CCOC(=O)C(CC)C(CC(=O)OCC(C)=O)(OCC)C(=O)O. The number of carbonyl (C=O) groups excluding carboxylic acids is 3. The third-order valence-corrected chi connectivity index (χ3v) is 3.15. The molecule has 132 valence electrons. The maximum Gasteiger partial charge on any atom is 0.337 e. The highest BCUT2D eigenvalue weighted by molar-refractivity contribution is 5.91. The molecule has 0 aromatic rings. The summed E-state index contributed by atoms with van der Waals surface area (Å²) in [6.45, 7) is 5.56. The first-order valence-electron chi connectivity index (χ1n) is 7.44. The average Bonchev–Trinajstić information content (AvgIpc) is 2.46.